The number of nitrogens with zero attached hydrogens (tertiary/aromatic N) is 3. The van der Waals surface area contributed by atoms with Crippen molar-refractivity contribution in [3.8, 4) is 28.3 Å². The van der Waals surface area contributed by atoms with Gasteiger partial charge in [-0.15, -0.1) is 4.68 Å². The van der Waals surface area contributed by atoms with Crippen molar-refractivity contribution >= 4 is 38.4 Å². The van der Waals surface area contributed by atoms with E-state index in [1.54, 1.807) is 53.5 Å². The number of rotatable bonds is 12. The van der Waals surface area contributed by atoms with E-state index in [-0.39, 0.29) is 11.3 Å². The molecule has 13 nitrogen and oxygen atoms in total. The maximum absolute atomic E-state index is 15.4. The molecule has 0 aliphatic rings. The molecule has 0 aliphatic carbocycles. The summed E-state index contributed by atoms with van der Waals surface area (Å²) in [4.78, 5) is 34.2. The molecule has 3 N–H and O–H groups in total. The van der Waals surface area contributed by atoms with E-state index in [9.17, 15) is 18.0 Å². The molecule has 2 aromatic heterocycles. The number of aromatic nitrogens is 4. The van der Waals surface area contributed by atoms with Crippen LogP contribution in [0.25, 0.3) is 27.6 Å². The number of aromatic amines is 1. The number of carbonyl (C=O) groups is 2. The molecule has 0 unspecified atom stereocenters. The lowest BCUT2D eigenvalue weighted by atomic mass is 9.92. The van der Waals surface area contributed by atoms with Gasteiger partial charge in [-0.2, -0.15) is 5.10 Å². The van der Waals surface area contributed by atoms with Crippen LogP contribution in [0.4, 0.5) is 14.5 Å². The highest BCUT2D eigenvalue weighted by Gasteiger charge is 2.28. The van der Waals surface area contributed by atoms with Crippen molar-refractivity contribution in [1.82, 2.24) is 20.4 Å². The summed E-state index contributed by atoms with van der Waals surface area (Å²) in [5.41, 5.74) is 1.09. The van der Waals surface area contributed by atoms with Gasteiger partial charge in [0.25, 0.3) is 15.9 Å². The summed E-state index contributed by atoms with van der Waals surface area (Å²) in [7, 11) is -0.0839. The van der Waals surface area contributed by atoms with Crippen LogP contribution in [-0.4, -0.2) is 62.7 Å². The van der Waals surface area contributed by atoms with Gasteiger partial charge in [0.05, 0.1) is 37.5 Å². The molecule has 0 spiro atoms. The monoisotopic (exact) mass is 729 g/mol. The lowest BCUT2D eigenvalue weighted by Crippen LogP contribution is -2.43. The lowest BCUT2D eigenvalue weighted by Gasteiger charge is -2.20. The Labute approximate surface area is 296 Å². The molecule has 4 aromatic carbocycles. The molecule has 1 atom stereocenters. The quantitative estimate of drug-likeness (QED) is 0.121. The van der Waals surface area contributed by atoms with Crippen LogP contribution in [0.1, 0.15) is 15.9 Å². The first kappa shape index (κ1) is 35.4. The Bertz CT molecular complexity index is 2350. The number of sulfonamides is 1. The number of nitrogens with one attached hydrogen (secondary N) is 3. The average Bonchev–Trinajstić information content (AvgIpc) is 3.69. The molecular weight excluding hydrogens is 698 g/mol. The molecule has 16 heteroatoms. The minimum Gasteiger partial charge on any atom is -0.496 e. The Balaban J connectivity index is 1.25. The molecule has 0 radical (unpaired) electrons. The number of ether oxygens (including phenoxy) is 3. The van der Waals surface area contributed by atoms with Gasteiger partial charge in [-0.25, -0.2) is 22.0 Å². The Hall–Kier alpha value is -6.42. The lowest BCUT2D eigenvalue weighted by molar-refractivity contribution is -0.656. The number of carbonyl (C=O) groups excluding carboxylic acids is 2. The number of benzene rings is 4. The third-order valence-corrected chi connectivity index (χ3v) is 9.62. The van der Waals surface area contributed by atoms with Gasteiger partial charge in [-0.3, -0.25) is 14.5 Å². The van der Waals surface area contributed by atoms with E-state index in [0.29, 0.717) is 51.2 Å². The predicted octanol–water partition coefficient (Wildman–Crippen LogP) is 4.51. The molecule has 0 saturated heterocycles. The van der Waals surface area contributed by atoms with Crippen molar-refractivity contribution in [2.75, 3.05) is 26.1 Å². The number of pyridine rings is 1. The average molecular weight is 730 g/mol. The number of esters is 1. The Morgan fingerprint density at radius 2 is 1.60 bits per heavy atom. The number of hydrogen-bond donors (Lipinski definition) is 3. The van der Waals surface area contributed by atoms with Gasteiger partial charge in [0.2, 0.25) is 6.33 Å². The van der Waals surface area contributed by atoms with Crippen molar-refractivity contribution < 1.29 is 45.7 Å². The molecule has 0 fully saturated rings. The summed E-state index contributed by atoms with van der Waals surface area (Å²) in [6.07, 6.45) is 6.01. The summed E-state index contributed by atoms with van der Waals surface area (Å²) in [6.45, 7) is 0. The molecule has 0 bridgehead atoms. The van der Waals surface area contributed by atoms with Gasteiger partial charge in [0.1, 0.15) is 34.7 Å². The molecular formula is C36H31F2N6O7S+. The van der Waals surface area contributed by atoms with Crippen LogP contribution in [0.3, 0.4) is 0 Å². The number of hydrogen-bond acceptors (Lipinski definition) is 9. The minimum absolute atomic E-state index is 0.124. The zero-order valence-corrected chi connectivity index (χ0v) is 28.7. The first-order chi connectivity index (χ1) is 25.0. The van der Waals surface area contributed by atoms with Crippen LogP contribution in [0, 0.1) is 11.6 Å². The molecule has 2 heterocycles. The summed E-state index contributed by atoms with van der Waals surface area (Å²) < 4.78 is 76.5. The van der Waals surface area contributed by atoms with Gasteiger partial charge in [-0.1, -0.05) is 18.2 Å². The van der Waals surface area contributed by atoms with E-state index in [0.717, 1.165) is 12.7 Å². The minimum atomic E-state index is -4.28. The van der Waals surface area contributed by atoms with E-state index in [4.69, 9.17) is 14.2 Å². The zero-order valence-electron chi connectivity index (χ0n) is 27.9. The Morgan fingerprint density at radius 3 is 2.21 bits per heavy atom. The standard InChI is InChI=1S/C36H30F2N6O7S/c1-49-31-5-4-6-32(50-2)33(31)26-12-7-21(25-13-14-39-18-27(25)26)15-30(36(46)51-3)42-35(45)34-28(37)16-22(17-29(34)38)43-52(47,48)24-10-8-23(9-11-24)44-20-40-19-41-44/h4-14,16-20,30H,15H2,1-3H3,(H2,42,43,45)/p+1/t30-/m1/s1. The van der Waals surface area contributed by atoms with E-state index < -0.39 is 50.8 Å². The smallest absolute Gasteiger partial charge is 0.328 e. The predicted molar refractivity (Wildman–Crippen MR) is 185 cm³/mol. The van der Waals surface area contributed by atoms with Gasteiger partial charge in [0.15, 0.2) is 5.69 Å². The molecule has 1 amide bonds. The van der Waals surface area contributed by atoms with E-state index in [2.05, 4.69) is 25.1 Å². The number of methoxy groups -OCH3 is 3. The topological polar surface area (TPSA) is 165 Å². The van der Waals surface area contributed by atoms with Crippen LogP contribution in [0.15, 0.2) is 103 Å². The van der Waals surface area contributed by atoms with Gasteiger partial charge in [-0.05, 0) is 76.1 Å². The molecule has 0 aliphatic heterocycles. The highest BCUT2D eigenvalue weighted by atomic mass is 32.2. The first-order valence-electron chi connectivity index (χ1n) is 15.5. The maximum Gasteiger partial charge on any atom is 0.328 e. The fourth-order valence-electron chi connectivity index (χ4n) is 5.77. The van der Waals surface area contributed by atoms with E-state index in [1.165, 1.54) is 51.1 Å². The van der Waals surface area contributed by atoms with Crippen LogP contribution in [-0.2, 0) is 26.0 Å². The Morgan fingerprint density at radius 1 is 0.904 bits per heavy atom. The fraction of sp³-hybridized carbons (Fsp3) is 0.139. The maximum atomic E-state index is 15.4. The molecule has 6 aromatic rings. The van der Waals surface area contributed by atoms with Crippen molar-refractivity contribution in [3.63, 3.8) is 0 Å². The highest BCUT2D eigenvalue weighted by Crippen LogP contribution is 2.42. The molecule has 52 heavy (non-hydrogen) atoms. The van der Waals surface area contributed by atoms with E-state index in [1.807, 2.05) is 0 Å². The van der Waals surface area contributed by atoms with Crippen molar-refractivity contribution in [1.29, 1.82) is 0 Å². The van der Waals surface area contributed by atoms with Crippen LogP contribution < -0.4 is 24.2 Å². The second kappa shape index (κ2) is 14.8. The third-order valence-electron chi connectivity index (χ3n) is 8.22. The number of H-pyrrole nitrogens is 1. The first-order valence-corrected chi connectivity index (χ1v) is 17.0. The molecule has 6 rings (SSSR count). The number of amides is 1. The van der Waals surface area contributed by atoms with Crippen molar-refractivity contribution in [3.05, 3.63) is 121 Å². The summed E-state index contributed by atoms with van der Waals surface area (Å²) >= 11 is 0. The summed E-state index contributed by atoms with van der Waals surface area (Å²) in [5.74, 6) is -3.74. The second-order valence-corrected chi connectivity index (χ2v) is 13.0. The highest BCUT2D eigenvalue weighted by molar-refractivity contribution is 7.92. The summed E-state index contributed by atoms with van der Waals surface area (Å²) in [6, 6.07) is 16.2. The normalized spacial score (nSPS) is 11.9. The molecule has 0 saturated carbocycles. The van der Waals surface area contributed by atoms with Crippen LogP contribution >= 0.6 is 0 Å². The van der Waals surface area contributed by atoms with Gasteiger partial charge >= 0.3 is 12.3 Å². The van der Waals surface area contributed by atoms with Crippen LogP contribution in [0.2, 0.25) is 0 Å². The third kappa shape index (κ3) is 7.09. The van der Waals surface area contributed by atoms with Crippen molar-refractivity contribution in [2.45, 2.75) is 17.4 Å². The fourth-order valence-corrected chi connectivity index (χ4v) is 6.81. The number of fused-ring (bicyclic) bond motifs is 1. The van der Waals surface area contributed by atoms with Crippen molar-refractivity contribution in [2.24, 2.45) is 0 Å². The zero-order chi connectivity index (χ0) is 37.0. The Kier molecular flexibility index (Phi) is 10.1. The molecule has 266 valence electrons. The van der Waals surface area contributed by atoms with Crippen LogP contribution in [0.5, 0.6) is 11.5 Å². The largest absolute Gasteiger partial charge is 0.496 e. The number of anilines is 1. The van der Waals surface area contributed by atoms with E-state index >= 15 is 8.78 Å². The number of halogens is 2. The second-order valence-electron chi connectivity index (χ2n) is 11.3. The summed E-state index contributed by atoms with van der Waals surface area (Å²) in [5, 5.41) is 6.55. The SMILES string of the molecule is COC(=O)[C@@H](Cc1ccc(-c2c(OC)cccc2OC)c2cnccc12)NC(=O)c1c(F)cc(NS(=O)(=O)c2ccc(-[n+]3cnc[nH]3)cc2)cc1F. The van der Waals surface area contributed by atoms with Gasteiger partial charge < -0.3 is 19.5 Å². The van der Waals surface area contributed by atoms with Gasteiger partial charge in [0, 0.05) is 24.2 Å².